The van der Waals surface area contributed by atoms with E-state index in [-0.39, 0.29) is 10.8 Å². The quantitative estimate of drug-likeness (QED) is 0.512. The minimum absolute atomic E-state index is 0.140. The molecule has 0 spiro atoms. The van der Waals surface area contributed by atoms with Crippen molar-refractivity contribution in [1.29, 1.82) is 0 Å². The molecule has 0 aliphatic carbocycles. The van der Waals surface area contributed by atoms with Crippen LogP contribution in [0, 0.1) is 0 Å². The van der Waals surface area contributed by atoms with Gasteiger partial charge in [0.05, 0.1) is 22.2 Å². The topological polar surface area (TPSA) is 83.0 Å². The number of carbonyl (C=O) groups is 1. The summed E-state index contributed by atoms with van der Waals surface area (Å²) in [5.41, 5.74) is 1.16. The summed E-state index contributed by atoms with van der Waals surface area (Å²) < 4.78 is 32.0. The first-order valence-electron chi connectivity index (χ1n) is 9.57. The largest absolute Gasteiger partial charge is 0.497 e. The van der Waals surface area contributed by atoms with Gasteiger partial charge in [0.15, 0.2) is 5.13 Å². The van der Waals surface area contributed by atoms with Gasteiger partial charge in [-0.3, -0.25) is 9.69 Å². The van der Waals surface area contributed by atoms with Crippen LogP contribution < -0.4 is 9.64 Å². The van der Waals surface area contributed by atoms with E-state index in [1.54, 1.807) is 12.0 Å². The molecule has 0 bridgehead atoms. The number of carbonyl (C=O) groups excluding carboxylic acids is 1. The van der Waals surface area contributed by atoms with Crippen LogP contribution in [0.15, 0.2) is 47.4 Å². The van der Waals surface area contributed by atoms with E-state index >= 15 is 0 Å². The lowest BCUT2D eigenvalue weighted by atomic mass is 10.2. The molecule has 3 aromatic rings. The highest BCUT2D eigenvalue weighted by molar-refractivity contribution is 7.89. The molecule has 0 fully saturated rings. The van der Waals surface area contributed by atoms with Crippen LogP contribution in [0.3, 0.4) is 0 Å². The molecular formula is C21H26N4O4S2. The molecule has 0 N–H and O–H groups in total. The van der Waals surface area contributed by atoms with E-state index in [0.29, 0.717) is 29.5 Å². The maximum Gasteiger partial charge on any atom is 0.260 e. The van der Waals surface area contributed by atoms with Crippen molar-refractivity contribution in [2.45, 2.75) is 4.90 Å². The maximum atomic E-state index is 13.3. The van der Waals surface area contributed by atoms with E-state index < -0.39 is 10.0 Å². The zero-order valence-electron chi connectivity index (χ0n) is 18.2. The van der Waals surface area contributed by atoms with Crippen LogP contribution in [0.5, 0.6) is 5.75 Å². The van der Waals surface area contributed by atoms with Crippen molar-refractivity contribution in [3.63, 3.8) is 0 Å². The van der Waals surface area contributed by atoms with Crippen LogP contribution in [0.25, 0.3) is 10.2 Å². The number of anilines is 1. The van der Waals surface area contributed by atoms with E-state index in [4.69, 9.17) is 4.74 Å². The number of hydrogen-bond donors (Lipinski definition) is 0. The number of fused-ring (bicyclic) bond motifs is 1. The van der Waals surface area contributed by atoms with E-state index in [1.807, 2.05) is 37.2 Å². The van der Waals surface area contributed by atoms with E-state index in [9.17, 15) is 13.2 Å². The van der Waals surface area contributed by atoms with Crippen LogP contribution in [0.1, 0.15) is 10.4 Å². The lowest BCUT2D eigenvalue weighted by molar-refractivity contribution is 0.0985. The third-order valence-corrected chi connectivity index (χ3v) is 7.60. The Labute approximate surface area is 186 Å². The van der Waals surface area contributed by atoms with Gasteiger partial charge in [0.2, 0.25) is 10.0 Å². The molecule has 1 heterocycles. The summed E-state index contributed by atoms with van der Waals surface area (Å²) in [5, 5.41) is 0.583. The van der Waals surface area contributed by atoms with Crippen molar-refractivity contribution in [2.24, 2.45) is 0 Å². The van der Waals surface area contributed by atoms with Crippen LogP contribution in [-0.2, 0) is 10.0 Å². The third kappa shape index (κ3) is 5.04. The zero-order valence-corrected chi connectivity index (χ0v) is 19.8. The highest BCUT2D eigenvalue weighted by Crippen LogP contribution is 2.32. The van der Waals surface area contributed by atoms with Crippen molar-refractivity contribution < 1.29 is 17.9 Å². The van der Waals surface area contributed by atoms with Crippen LogP contribution in [0.2, 0.25) is 0 Å². The zero-order chi connectivity index (χ0) is 22.8. The minimum atomic E-state index is -3.56. The summed E-state index contributed by atoms with van der Waals surface area (Å²) in [6.07, 6.45) is 0. The summed E-state index contributed by atoms with van der Waals surface area (Å²) in [5.74, 6) is 0.467. The normalized spacial score (nSPS) is 12.0. The van der Waals surface area contributed by atoms with Crippen molar-refractivity contribution in [1.82, 2.24) is 14.2 Å². The Morgan fingerprint density at radius 1 is 1.03 bits per heavy atom. The fourth-order valence-corrected chi connectivity index (χ4v) is 4.73. The number of benzene rings is 2. The number of aromatic nitrogens is 1. The number of hydrogen-bond acceptors (Lipinski definition) is 7. The number of rotatable bonds is 8. The number of nitrogens with zero attached hydrogens (tertiary/aromatic N) is 4. The van der Waals surface area contributed by atoms with Gasteiger partial charge >= 0.3 is 0 Å². The molecule has 0 unspecified atom stereocenters. The predicted molar refractivity (Wildman–Crippen MR) is 124 cm³/mol. The summed E-state index contributed by atoms with van der Waals surface area (Å²) in [6.45, 7) is 1.10. The Bertz CT molecular complexity index is 1170. The Morgan fingerprint density at radius 2 is 1.71 bits per heavy atom. The Kier molecular flexibility index (Phi) is 6.95. The number of sulfonamides is 1. The van der Waals surface area contributed by atoms with Gasteiger partial charge < -0.3 is 9.64 Å². The third-order valence-electron chi connectivity index (χ3n) is 4.71. The van der Waals surface area contributed by atoms with Gasteiger partial charge in [0.25, 0.3) is 5.91 Å². The average molecular weight is 463 g/mol. The first-order chi connectivity index (χ1) is 14.6. The lowest BCUT2D eigenvalue weighted by Crippen LogP contribution is -2.36. The molecule has 10 heteroatoms. The van der Waals surface area contributed by atoms with Crippen LogP contribution in [0.4, 0.5) is 5.13 Å². The molecule has 0 saturated carbocycles. The van der Waals surface area contributed by atoms with E-state index in [0.717, 1.165) is 14.5 Å². The molecule has 0 saturated heterocycles. The second-order valence-corrected chi connectivity index (χ2v) is 10.6. The van der Waals surface area contributed by atoms with Gasteiger partial charge in [-0.15, -0.1) is 0 Å². The van der Waals surface area contributed by atoms with Crippen molar-refractivity contribution in [3.05, 3.63) is 48.0 Å². The molecule has 0 aliphatic heterocycles. The molecule has 31 heavy (non-hydrogen) atoms. The van der Waals surface area contributed by atoms with Crippen LogP contribution in [-0.4, -0.2) is 76.9 Å². The molecule has 0 radical (unpaired) electrons. The number of thiazole rings is 1. The predicted octanol–water partition coefficient (Wildman–Crippen LogP) is 2.76. The van der Waals surface area contributed by atoms with Gasteiger partial charge in [-0.05, 0) is 50.5 Å². The molecule has 0 aliphatic rings. The highest BCUT2D eigenvalue weighted by atomic mass is 32.2. The highest BCUT2D eigenvalue weighted by Gasteiger charge is 2.23. The Morgan fingerprint density at radius 3 is 2.29 bits per heavy atom. The van der Waals surface area contributed by atoms with Gasteiger partial charge in [-0.2, -0.15) is 0 Å². The smallest absolute Gasteiger partial charge is 0.260 e. The summed E-state index contributed by atoms with van der Waals surface area (Å²) in [6, 6.07) is 11.6. The Hall–Kier alpha value is -2.53. The fraction of sp³-hybridized carbons (Fsp3) is 0.333. The number of amides is 1. The second kappa shape index (κ2) is 9.31. The fourth-order valence-electron chi connectivity index (χ4n) is 2.86. The average Bonchev–Trinajstić information content (AvgIpc) is 3.16. The first kappa shape index (κ1) is 23.1. The molecule has 1 amide bonds. The Balaban J connectivity index is 1.96. The SMILES string of the molecule is COc1ccc2sc(N(CCN(C)C)C(=O)c3ccc(S(=O)(=O)N(C)C)cc3)nc2c1. The van der Waals surface area contributed by atoms with Gasteiger partial charge in [-0.25, -0.2) is 17.7 Å². The molecule has 2 aromatic carbocycles. The lowest BCUT2D eigenvalue weighted by Gasteiger charge is -2.22. The first-order valence-corrected chi connectivity index (χ1v) is 11.8. The molecule has 8 nitrogen and oxygen atoms in total. The van der Waals surface area contributed by atoms with Gasteiger partial charge in [0, 0.05) is 38.8 Å². The van der Waals surface area contributed by atoms with Crippen molar-refractivity contribution in [2.75, 3.05) is 53.3 Å². The number of methoxy groups -OCH3 is 1. The van der Waals surface area contributed by atoms with Gasteiger partial charge in [-0.1, -0.05) is 11.3 Å². The maximum absolute atomic E-state index is 13.3. The molecule has 1 aromatic heterocycles. The molecular weight excluding hydrogens is 436 g/mol. The minimum Gasteiger partial charge on any atom is -0.497 e. The van der Waals surface area contributed by atoms with Crippen molar-refractivity contribution >= 4 is 42.6 Å². The molecule has 3 rings (SSSR count). The summed E-state index contributed by atoms with van der Waals surface area (Å²) in [4.78, 5) is 21.8. The van der Waals surface area contributed by atoms with Gasteiger partial charge in [0.1, 0.15) is 5.75 Å². The standard InChI is InChI=1S/C21H26N4O4S2/c1-23(2)12-13-25(21-22-18-14-16(29-5)8-11-19(18)30-21)20(26)15-6-9-17(10-7-15)31(27,28)24(3)4/h6-11,14H,12-13H2,1-5H3. The number of likely N-dealkylation sites (N-methyl/N-ethyl adjacent to an activating group) is 1. The monoisotopic (exact) mass is 462 g/mol. The summed E-state index contributed by atoms with van der Waals surface area (Å²) in [7, 11) is 4.86. The second-order valence-electron chi connectivity index (χ2n) is 7.40. The van der Waals surface area contributed by atoms with E-state index in [1.165, 1.54) is 49.7 Å². The molecule has 166 valence electrons. The van der Waals surface area contributed by atoms with E-state index in [2.05, 4.69) is 4.98 Å². The van der Waals surface area contributed by atoms with Crippen LogP contribution >= 0.6 is 11.3 Å². The molecule has 0 atom stereocenters. The summed E-state index contributed by atoms with van der Waals surface area (Å²) >= 11 is 1.43. The number of ether oxygens (including phenoxy) is 1. The van der Waals surface area contributed by atoms with Crippen molar-refractivity contribution in [3.8, 4) is 5.75 Å².